The van der Waals surface area contributed by atoms with E-state index in [2.05, 4.69) is 48.5 Å². The van der Waals surface area contributed by atoms with Gasteiger partial charge in [-0.05, 0) is 35.5 Å². The molecule has 2 N–H and O–H groups in total. The zero-order chi connectivity index (χ0) is 12.8. The number of anilines is 1. The van der Waals surface area contributed by atoms with Crippen LogP contribution < -0.4 is 5.73 Å². The van der Waals surface area contributed by atoms with Gasteiger partial charge in [-0.1, -0.05) is 42.5 Å². The second kappa shape index (κ2) is 5.92. The van der Waals surface area contributed by atoms with Gasteiger partial charge in [0.05, 0.1) is 0 Å². The van der Waals surface area contributed by atoms with E-state index < -0.39 is 0 Å². The molecule has 2 aromatic rings. The first-order chi connectivity index (χ1) is 8.74. The Morgan fingerprint density at radius 2 is 1.67 bits per heavy atom. The van der Waals surface area contributed by atoms with E-state index >= 15 is 0 Å². The Morgan fingerprint density at radius 3 is 2.33 bits per heavy atom. The third-order valence-corrected chi connectivity index (χ3v) is 2.73. The summed E-state index contributed by atoms with van der Waals surface area (Å²) in [6.45, 7) is 0.879. The maximum absolute atomic E-state index is 5.66. The van der Waals surface area contributed by atoms with Crippen molar-refractivity contribution in [3.63, 3.8) is 0 Å². The molecule has 0 saturated carbocycles. The van der Waals surface area contributed by atoms with Crippen LogP contribution in [0.25, 0.3) is 6.08 Å². The van der Waals surface area contributed by atoms with Gasteiger partial charge in [-0.3, -0.25) is 0 Å². The Labute approximate surface area is 108 Å². The summed E-state index contributed by atoms with van der Waals surface area (Å²) in [6, 6.07) is 18.3. The Bertz CT molecular complexity index is 500. The van der Waals surface area contributed by atoms with E-state index in [1.54, 1.807) is 0 Å². The number of hydrogen-bond acceptors (Lipinski definition) is 2. The molecular formula is C16H18N2. The molecule has 0 spiro atoms. The molecule has 2 heteroatoms. The normalized spacial score (nSPS) is 10.7. The fourth-order valence-corrected chi connectivity index (χ4v) is 1.74. The minimum atomic E-state index is 0.807. The van der Waals surface area contributed by atoms with E-state index in [9.17, 15) is 0 Å². The lowest BCUT2D eigenvalue weighted by Gasteiger charge is -2.14. The molecule has 0 aromatic heterocycles. The van der Waals surface area contributed by atoms with Gasteiger partial charge in [0.25, 0.3) is 0 Å². The quantitative estimate of drug-likeness (QED) is 0.827. The van der Waals surface area contributed by atoms with Crippen LogP contribution in [0.3, 0.4) is 0 Å². The van der Waals surface area contributed by atoms with Crippen LogP contribution in [0.1, 0.15) is 11.1 Å². The van der Waals surface area contributed by atoms with Gasteiger partial charge < -0.3 is 10.6 Å². The van der Waals surface area contributed by atoms with Crippen molar-refractivity contribution in [2.75, 3.05) is 12.8 Å². The second-order valence-electron chi connectivity index (χ2n) is 4.38. The van der Waals surface area contributed by atoms with E-state index in [1.165, 1.54) is 11.1 Å². The third-order valence-electron chi connectivity index (χ3n) is 2.73. The number of nitrogens with two attached hydrogens (primary N) is 1. The highest BCUT2D eigenvalue weighted by atomic mass is 15.1. The van der Waals surface area contributed by atoms with Gasteiger partial charge in [-0.15, -0.1) is 0 Å². The van der Waals surface area contributed by atoms with Gasteiger partial charge in [0.2, 0.25) is 0 Å². The molecule has 0 aliphatic heterocycles. The lowest BCUT2D eigenvalue weighted by molar-refractivity contribution is 0.454. The molecule has 92 valence electrons. The molecule has 0 fully saturated rings. The lowest BCUT2D eigenvalue weighted by atomic mass is 10.2. The monoisotopic (exact) mass is 238 g/mol. The van der Waals surface area contributed by atoms with Gasteiger partial charge in [-0.2, -0.15) is 0 Å². The molecule has 0 saturated heterocycles. The maximum Gasteiger partial charge on any atom is 0.0420 e. The molecule has 0 bridgehead atoms. The lowest BCUT2D eigenvalue weighted by Crippen LogP contribution is -2.09. The van der Waals surface area contributed by atoms with Gasteiger partial charge in [0, 0.05) is 19.3 Å². The predicted octanol–water partition coefficient (Wildman–Crippen LogP) is 3.37. The zero-order valence-electron chi connectivity index (χ0n) is 10.6. The molecule has 2 nitrogen and oxygen atoms in total. The summed E-state index contributed by atoms with van der Waals surface area (Å²) in [6.07, 6.45) is 4.20. The molecule has 0 unspecified atom stereocenters. The van der Waals surface area contributed by atoms with Crippen LogP contribution in [-0.4, -0.2) is 11.9 Å². The van der Waals surface area contributed by atoms with Crippen LogP contribution in [0.5, 0.6) is 0 Å². The molecular weight excluding hydrogens is 220 g/mol. The fraction of sp³-hybridized carbons (Fsp3) is 0.125. The smallest absolute Gasteiger partial charge is 0.0420 e. The first kappa shape index (κ1) is 12.2. The number of hydrogen-bond donors (Lipinski definition) is 1. The largest absolute Gasteiger partial charge is 0.399 e. The summed E-state index contributed by atoms with van der Waals surface area (Å²) in [5.41, 5.74) is 8.94. The van der Waals surface area contributed by atoms with Crippen molar-refractivity contribution in [2.45, 2.75) is 6.54 Å². The van der Waals surface area contributed by atoms with Gasteiger partial charge in [0.1, 0.15) is 0 Å². The Kier molecular flexibility index (Phi) is 4.02. The summed E-state index contributed by atoms with van der Waals surface area (Å²) < 4.78 is 0. The first-order valence-corrected chi connectivity index (χ1v) is 6.02. The molecule has 0 aliphatic carbocycles. The van der Waals surface area contributed by atoms with Crippen molar-refractivity contribution in [3.8, 4) is 0 Å². The van der Waals surface area contributed by atoms with E-state index in [0.717, 1.165) is 12.2 Å². The molecule has 2 rings (SSSR count). The fourth-order valence-electron chi connectivity index (χ4n) is 1.74. The van der Waals surface area contributed by atoms with E-state index in [1.807, 2.05) is 30.3 Å². The summed E-state index contributed by atoms with van der Waals surface area (Å²) in [7, 11) is 2.07. The minimum Gasteiger partial charge on any atom is -0.399 e. The van der Waals surface area contributed by atoms with E-state index in [0.29, 0.717) is 0 Å². The molecule has 2 aromatic carbocycles. The van der Waals surface area contributed by atoms with Gasteiger partial charge >= 0.3 is 0 Å². The SMILES string of the molecule is CN(C=Cc1ccccc1)Cc1ccc(N)cc1. The number of benzene rings is 2. The van der Waals surface area contributed by atoms with E-state index in [-0.39, 0.29) is 0 Å². The Balaban J connectivity index is 1.94. The highest BCUT2D eigenvalue weighted by Gasteiger charge is 1.95. The molecule has 18 heavy (non-hydrogen) atoms. The van der Waals surface area contributed by atoms with Crippen molar-refractivity contribution in [2.24, 2.45) is 0 Å². The third kappa shape index (κ3) is 3.67. The van der Waals surface area contributed by atoms with Crippen molar-refractivity contribution in [1.82, 2.24) is 4.90 Å². The molecule has 0 radical (unpaired) electrons. The van der Waals surface area contributed by atoms with Crippen LogP contribution in [0.15, 0.2) is 60.8 Å². The van der Waals surface area contributed by atoms with Crippen molar-refractivity contribution < 1.29 is 0 Å². The number of rotatable bonds is 4. The molecule has 0 atom stereocenters. The van der Waals surface area contributed by atoms with Crippen molar-refractivity contribution in [1.29, 1.82) is 0 Å². The van der Waals surface area contributed by atoms with Crippen molar-refractivity contribution >= 4 is 11.8 Å². The van der Waals surface area contributed by atoms with Crippen molar-refractivity contribution in [3.05, 3.63) is 71.9 Å². The summed E-state index contributed by atoms with van der Waals surface area (Å²) in [5, 5.41) is 0. The summed E-state index contributed by atoms with van der Waals surface area (Å²) in [4.78, 5) is 2.15. The summed E-state index contributed by atoms with van der Waals surface area (Å²) >= 11 is 0. The molecule has 0 aliphatic rings. The van der Waals surface area contributed by atoms with Crippen LogP contribution in [-0.2, 0) is 6.54 Å². The zero-order valence-corrected chi connectivity index (χ0v) is 10.6. The minimum absolute atomic E-state index is 0.807. The van der Waals surface area contributed by atoms with Gasteiger partial charge in [0.15, 0.2) is 0 Å². The molecule has 0 heterocycles. The first-order valence-electron chi connectivity index (χ1n) is 6.02. The maximum atomic E-state index is 5.66. The standard InChI is InChI=1S/C16H18N2/c1-18(12-11-14-5-3-2-4-6-14)13-15-7-9-16(17)10-8-15/h2-12H,13,17H2,1H3. The Morgan fingerprint density at radius 1 is 1.00 bits per heavy atom. The average Bonchev–Trinajstić information content (AvgIpc) is 2.40. The second-order valence-corrected chi connectivity index (χ2v) is 4.38. The van der Waals surface area contributed by atoms with Gasteiger partial charge in [-0.25, -0.2) is 0 Å². The number of nitrogen functional groups attached to an aromatic ring is 1. The van der Waals surface area contributed by atoms with Crippen LogP contribution >= 0.6 is 0 Å². The Hall–Kier alpha value is -2.22. The van der Waals surface area contributed by atoms with Crippen LogP contribution in [0.2, 0.25) is 0 Å². The highest BCUT2D eigenvalue weighted by molar-refractivity contribution is 5.48. The van der Waals surface area contributed by atoms with Crippen LogP contribution in [0, 0.1) is 0 Å². The predicted molar refractivity (Wildman–Crippen MR) is 77.8 cm³/mol. The summed E-state index contributed by atoms with van der Waals surface area (Å²) in [5.74, 6) is 0. The number of nitrogens with zero attached hydrogens (tertiary/aromatic N) is 1. The average molecular weight is 238 g/mol. The molecule has 0 amide bonds. The highest BCUT2D eigenvalue weighted by Crippen LogP contribution is 2.09. The van der Waals surface area contributed by atoms with Crippen LogP contribution in [0.4, 0.5) is 5.69 Å². The topological polar surface area (TPSA) is 29.3 Å². The van der Waals surface area contributed by atoms with E-state index in [4.69, 9.17) is 5.73 Å².